The number of nitrogens with one attached hydrogen (secondary N) is 1. The summed E-state index contributed by atoms with van der Waals surface area (Å²) in [5, 5.41) is 2.67. The summed E-state index contributed by atoms with van der Waals surface area (Å²) < 4.78 is 6.20. The smallest absolute Gasteiger partial charge is 0.223 e. The van der Waals surface area contributed by atoms with Crippen molar-refractivity contribution < 1.29 is 14.3 Å². The lowest BCUT2D eigenvalue weighted by Gasteiger charge is -2.08. The van der Waals surface area contributed by atoms with Gasteiger partial charge in [-0.2, -0.15) is 0 Å². The summed E-state index contributed by atoms with van der Waals surface area (Å²) in [6.45, 7) is 2.73. The van der Waals surface area contributed by atoms with Gasteiger partial charge >= 0.3 is 0 Å². The number of carbonyl (C=O) groups is 2. The number of benzene rings is 1. The van der Waals surface area contributed by atoms with Gasteiger partial charge in [0.1, 0.15) is 5.75 Å². The van der Waals surface area contributed by atoms with E-state index < -0.39 is 0 Å². The van der Waals surface area contributed by atoms with Crippen LogP contribution in [0.3, 0.4) is 0 Å². The van der Waals surface area contributed by atoms with Gasteiger partial charge in [-0.3, -0.25) is 9.59 Å². The molecular weight excluding hydrogens is 286 g/mol. The van der Waals surface area contributed by atoms with Gasteiger partial charge < -0.3 is 10.1 Å². The average Bonchev–Trinajstić information content (AvgIpc) is 2.31. The fraction of sp³-hybridized carbons (Fsp3) is 0.333. The van der Waals surface area contributed by atoms with E-state index in [0.29, 0.717) is 17.9 Å². The molecule has 4 nitrogen and oxygen atoms in total. The van der Waals surface area contributed by atoms with Gasteiger partial charge in [-0.15, -0.1) is 0 Å². The van der Waals surface area contributed by atoms with Crippen molar-refractivity contribution in [2.75, 3.05) is 13.2 Å². The normalized spacial score (nSPS) is 9.76. The molecule has 0 atom stereocenters. The van der Waals surface area contributed by atoms with Crippen LogP contribution in [0, 0.1) is 0 Å². The van der Waals surface area contributed by atoms with Crippen LogP contribution in [0.2, 0.25) is 0 Å². The number of aldehydes is 1. The lowest BCUT2D eigenvalue weighted by atomic mass is 10.2. The number of hydrogen-bond acceptors (Lipinski definition) is 3. The number of carbonyl (C=O) groups excluding carboxylic acids is 2. The van der Waals surface area contributed by atoms with E-state index >= 15 is 0 Å². The van der Waals surface area contributed by atoms with Gasteiger partial charge in [0.25, 0.3) is 0 Å². The second kappa shape index (κ2) is 7.06. The zero-order chi connectivity index (χ0) is 12.7. The summed E-state index contributed by atoms with van der Waals surface area (Å²) in [5.74, 6) is 0.435. The van der Waals surface area contributed by atoms with Gasteiger partial charge in [0.05, 0.1) is 18.6 Å². The van der Waals surface area contributed by atoms with Crippen molar-refractivity contribution in [2.45, 2.75) is 13.3 Å². The van der Waals surface area contributed by atoms with Crippen LogP contribution in [-0.4, -0.2) is 25.3 Å². The van der Waals surface area contributed by atoms with E-state index in [2.05, 4.69) is 21.2 Å². The zero-order valence-electron chi connectivity index (χ0n) is 9.53. The van der Waals surface area contributed by atoms with Crippen LogP contribution in [-0.2, 0) is 4.79 Å². The predicted molar refractivity (Wildman–Crippen MR) is 68.3 cm³/mol. The van der Waals surface area contributed by atoms with E-state index in [9.17, 15) is 9.59 Å². The van der Waals surface area contributed by atoms with E-state index in [1.54, 1.807) is 18.2 Å². The molecule has 17 heavy (non-hydrogen) atoms. The molecule has 0 heterocycles. The van der Waals surface area contributed by atoms with Gasteiger partial charge in [0.15, 0.2) is 6.29 Å². The van der Waals surface area contributed by atoms with Gasteiger partial charge in [-0.25, -0.2) is 0 Å². The Kier molecular flexibility index (Phi) is 5.69. The minimum Gasteiger partial charge on any atom is -0.492 e. The molecule has 0 aromatic heterocycles. The van der Waals surface area contributed by atoms with Crippen LogP contribution < -0.4 is 10.1 Å². The van der Waals surface area contributed by atoms with Crippen LogP contribution in [0.1, 0.15) is 23.7 Å². The minimum atomic E-state index is -0.0581. The maximum absolute atomic E-state index is 11.2. The fourth-order valence-corrected chi connectivity index (χ4v) is 1.66. The minimum absolute atomic E-state index is 0.0581. The summed E-state index contributed by atoms with van der Waals surface area (Å²) in [6.07, 6.45) is 1.01. The molecule has 0 aliphatic carbocycles. The van der Waals surface area contributed by atoms with Crippen LogP contribution in [0.4, 0.5) is 0 Å². The lowest BCUT2D eigenvalue weighted by molar-refractivity contribution is -0.121. The van der Waals surface area contributed by atoms with Crippen molar-refractivity contribution in [1.82, 2.24) is 5.32 Å². The molecule has 0 spiro atoms. The maximum atomic E-state index is 11.2. The molecule has 0 aliphatic rings. The number of amides is 1. The number of halogens is 1. The molecule has 0 fully saturated rings. The third-order valence-corrected chi connectivity index (χ3v) is 2.55. The highest BCUT2D eigenvalue weighted by Crippen LogP contribution is 2.21. The molecular formula is C12H14BrNO3. The highest BCUT2D eigenvalue weighted by atomic mass is 79.9. The molecule has 0 radical (unpaired) electrons. The second-order valence-electron chi connectivity index (χ2n) is 3.35. The highest BCUT2D eigenvalue weighted by Gasteiger charge is 2.05. The van der Waals surface area contributed by atoms with Crippen LogP contribution in [0.15, 0.2) is 22.7 Å². The van der Waals surface area contributed by atoms with Crippen molar-refractivity contribution in [3.8, 4) is 5.75 Å². The molecule has 0 aliphatic heterocycles. The monoisotopic (exact) mass is 299 g/mol. The van der Waals surface area contributed by atoms with Crippen LogP contribution in [0.25, 0.3) is 0 Å². The average molecular weight is 300 g/mol. The second-order valence-corrected chi connectivity index (χ2v) is 4.27. The summed E-state index contributed by atoms with van der Waals surface area (Å²) in [4.78, 5) is 22.0. The quantitative estimate of drug-likeness (QED) is 0.819. The Bertz CT molecular complexity index is 407. The van der Waals surface area contributed by atoms with Crippen molar-refractivity contribution in [2.24, 2.45) is 0 Å². The van der Waals surface area contributed by atoms with Gasteiger partial charge in [-0.1, -0.05) is 15.9 Å². The third kappa shape index (κ3) is 4.56. The zero-order valence-corrected chi connectivity index (χ0v) is 11.1. The first-order valence-corrected chi connectivity index (χ1v) is 6.11. The van der Waals surface area contributed by atoms with Gasteiger partial charge in [-0.05, 0) is 25.1 Å². The molecule has 1 N–H and O–H groups in total. The van der Waals surface area contributed by atoms with Crippen molar-refractivity contribution in [1.29, 1.82) is 0 Å². The Morgan fingerprint density at radius 2 is 2.29 bits per heavy atom. The summed E-state index contributed by atoms with van der Waals surface area (Å²) in [7, 11) is 0. The molecule has 0 saturated heterocycles. The SMILES string of the molecule is CCNC(=O)CCOc1ccc(Br)cc1C=O. The number of ether oxygens (including phenoxy) is 1. The molecule has 0 bridgehead atoms. The van der Waals surface area contributed by atoms with Crippen molar-refractivity contribution in [3.05, 3.63) is 28.2 Å². The predicted octanol–water partition coefficient (Wildman–Crippen LogP) is 2.17. The highest BCUT2D eigenvalue weighted by molar-refractivity contribution is 9.10. The first kappa shape index (κ1) is 13.7. The Morgan fingerprint density at radius 3 is 2.94 bits per heavy atom. The van der Waals surface area contributed by atoms with E-state index in [1.165, 1.54) is 0 Å². The van der Waals surface area contributed by atoms with E-state index in [1.807, 2.05) is 6.92 Å². The molecule has 1 amide bonds. The van der Waals surface area contributed by atoms with Crippen LogP contribution in [0.5, 0.6) is 5.75 Å². The van der Waals surface area contributed by atoms with Gasteiger partial charge in [0.2, 0.25) is 5.91 Å². The molecule has 1 aromatic carbocycles. The molecule has 92 valence electrons. The molecule has 5 heteroatoms. The van der Waals surface area contributed by atoms with Crippen LogP contribution >= 0.6 is 15.9 Å². The standard InChI is InChI=1S/C12H14BrNO3/c1-2-14-12(16)5-6-17-11-4-3-10(13)7-9(11)8-15/h3-4,7-8H,2,5-6H2,1H3,(H,14,16). The number of rotatable bonds is 6. The van der Waals surface area contributed by atoms with Gasteiger partial charge in [0, 0.05) is 11.0 Å². The lowest BCUT2D eigenvalue weighted by Crippen LogP contribution is -2.24. The third-order valence-electron chi connectivity index (χ3n) is 2.06. The fourth-order valence-electron chi connectivity index (χ4n) is 1.28. The topological polar surface area (TPSA) is 55.4 Å². The van der Waals surface area contributed by atoms with E-state index in [4.69, 9.17) is 4.74 Å². The largest absolute Gasteiger partial charge is 0.492 e. The summed E-state index contributed by atoms with van der Waals surface area (Å²) in [6, 6.07) is 5.16. The van der Waals surface area contributed by atoms with Crippen molar-refractivity contribution in [3.63, 3.8) is 0 Å². The molecule has 1 rings (SSSR count). The maximum Gasteiger partial charge on any atom is 0.223 e. The Balaban J connectivity index is 2.51. The first-order chi connectivity index (χ1) is 8.17. The molecule has 0 saturated carbocycles. The van der Waals surface area contributed by atoms with E-state index in [0.717, 1.165) is 10.8 Å². The van der Waals surface area contributed by atoms with Crippen molar-refractivity contribution >= 4 is 28.1 Å². The van der Waals surface area contributed by atoms with E-state index in [-0.39, 0.29) is 18.9 Å². The number of hydrogen-bond donors (Lipinski definition) is 1. The Morgan fingerprint density at radius 1 is 1.53 bits per heavy atom. The summed E-state index contributed by atoms with van der Waals surface area (Å²) in [5.41, 5.74) is 0.468. The Hall–Kier alpha value is -1.36. The summed E-state index contributed by atoms with van der Waals surface area (Å²) >= 11 is 3.27. The first-order valence-electron chi connectivity index (χ1n) is 5.31. The Labute approximate surface area is 108 Å². The molecule has 1 aromatic rings. The molecule has 0 unspecified atom stereocenters.